The lowest BCUT2D eigenvalue weighted by Gasteiger charge is -2.47. The number of hydrazine groups is 1. The number of nitrogens with two attached hydrogens (primary N) is 1. The lowest BCUT2D eigenvalue weighted by Crippen LogP contribution is -2.59. The van der Waals surface area contributed by atoms with Gasteiger partial charge in [-0.05, 0) is 31.9 Å². The van der Waals surface area contributed by atoms with E-state index in [4.69, 9.17) is 5.73 Å². The highest BCUT2D eigenvalue weighted by atomic mass is 19.1. The van der Waals surface area contributed by atoms with Crippen LogP contribution in [0.5, 0.6) is 0 Å². The molecule has 1 atom stereocenters. The minimum absolute atomic E-state index is 0.0539. The first-order chi connectivity index (χ1) is 16.2. The molecule has 0 bridgehead atoms. The second kappa shape index (κ2) is 12.6. The van der Waals surface area contributed by atoms with Crippen LogP contribution in [0.15, 0.2) is 24.3 Å². The molecule has 0 radical (unpaired) electrons. The number of carbonyl (C=O) groups is 2. The smallest absolute Gasteiger partial charge is 0.241 e. The van der Waals surface area contributed by atoms with Gasteiger partial charge in [0.25, 0.3) is 0 Å². The molecule has 0 spiro atoms. The van der Waals surface area contributed by atoms with Crippen LogP contribution in [0.3, 0.4) is 0 Å². The molecule has 190 valence electrons. The van der Waals surface area contributed by atoms with Crippen molar-refractivity contribution >= 4 is 11.8 Å². The monoisotopic (exact) mass is 476 g/mol. The van der Waals surface area contributed by atoms with Gasteiger partial charge in [-0.2, -0.15) is 0 Å². The predicted octanol–water partition coefficient (Wildman–Crippen LogP) is 1.44. The van der Waals surface area contributed by atoms with E-state index in [9.17, 15) is 14.0 Å². The fraction of sp³-hybridized carbons (Fsp3) is 0.680. The lowest BCUT2D eigenvalue weighted by atomic mass is 10.0. The maximum absolute atomic E-state index is 13.9. The van der Waals surface area contributed by atoms with Gasteiger partial charge in [0.15, 0.2) is 0 Å². The maximum atomic E-state index is 13.9. The maximum Gasteiger partial charge on any atom is 0.241 e. The predicted molar refractivity (Wildman–Crippen MR) is 131 cm³/mol. The molecule has 8 nitrogen and oxygen atoms in total. The van der Waals surface area contributed by atoms with Crippen molar-refractivity contribution in [1.29, 1.82) is 0 Å². The van der Waals surface area contributed by atoms with E-state index < -0.39 is 11.9 Å². The Morgan fingerprint density at radius 1 is 1.12 bits per heavy atom. The Morgan fingerprint density at radius 3 is 2.38 bits per heavy atom. The molecule has 3 rings (SSSR count). The topological polar surface area (TPSA) is 85.1 Å². The highest BCUT2D eigenvalue weighted by Crippen LogP contribution is 2.21. The zero-order valence-electron chi connectivity index (χ0n) is 20.9. The molecule has 2 aliphatic heterocycles. The average molecular weight is 477 g/mol. The van der Waals surface area contributed by atoms with Crippen LogP contribution in [0.2, 0.25) is 0 Å². The summed E-state index contributed by atoms with van der Waals surface area (Å²) in [5, 5.41) is 7.71. The third-order valence-corrected chi connectivity index (χ3v) is 6.78. The summed E-state index contributed by atoms with van der Waals surface area (Å²) in [6, 6.07) is 5.87. The summed E-state index contributed by atoms with van der Waals surface area (Å²) in [7, 11) is 2.17. The van der Waals surface area contributed by atoms with Gasteiger partial charge in [0, 0.05) is 69.9 Å². The third-order valence-electron chi connectivity index (χ3n) is 6.78. The van der Waals surface area contributed by atoms with Crippen molar-refractivity contribution < 1.29 is 14.0 Å². The Kier molecular flexibility index (Phi) is 9.82. The van der Waals surface area contributed by atoms with Crippen LogP contribution in [0.25, 0.3) is 0 Å². The molecule has 0 aromatic heterocycles. The normalized spacial score (nSPS) is 19.6. The summed E-state index contributed by atoms with van der Waals surface area (Å²) >= 11 is 0. The fourth-order valence-corrected chi connectivity index (χ4v) is 4.78. The van der Waals surface area contributed by atoms with Crippen molar-refractivity contribution in [3.63, 3.8) is 0 Å². The average Bonchev–Trinajstić information content (AvgIpc) is 2.82. The lowest BCUT2D eigenvalue weighted by molar-refractivity contribution is -0.137. The first-order valence-electron chi connectivity index (χ1n) is 12.5. The van der Waals surface area contributed by atoms with Crippen molar-refractivity contribution in [3.8, 4) is 0 Å². The van der Waals surface area contributed by atoms with Crippen LogP contribution in [0, 0.1) is 11.7 Å². The summed E-state index contributed by atoms with van der Waals surface area (Å²) in [6.07, 6.45) is 1.79. The molecule has 3 N–H and O–H groups in total. The van der Waals surface area contributed by atoms with Gasteiger partial charge in [-0.1, -0.05) is 32.0 Å². The molecule has 2 fully saturated rings. The Labute approximate surface area is 203 Å². The first kappa shape index (κ1) is 26.5. The van der Waals surface area contributed by atoms with Gasteiger partial charge in [-0.25, -0.2) is 14.4 Å². The molecule has 2 amide bonds. The van der Waals surface area contributed by atoms with E-state index in [1.54, 1.807) is 18.2 Å². The number of benzene rings is 1. The van der Waals surface area contributed by atoms with Gasteiger partial charge in [0.05, 0.1) is 6.54 Å². The standard InChI is InChI=1S/C25H41FN6O2/c1-19(2)18-32(31-14-12-29(3)13-15-31)20-8-10-30(11-9-20)25(34)17-28-24(33)16-23(27)21-6-4-5-7-22(21)26/h4-7,19-20,23H,8-18,27H2,1-3H3,(H,28,33). The van der Waals surface area contributed by atoms with Crippen LogP contribution in [0.4, 0.5) is 4.39 Å². The van der Waals surface area contributed by atoms with Gasteiger partial charge < -0.3 is 20.9 Å². The van der Waals surface area contributed by atoms with E-state index in [-0.39, 0.29) is 24.8 Å². The van der Waals surface area contributed by atoms with Crippen LogP contribution in [-0.4, -0.2) is 97.1 Å². The molecule has 2 aliphatic rings. The summed E-state index contributed by atoms with van der Waals surface area (Å²) in [6.45, 7) is 11.1. The number of hydrogen-bond acceptors (Lipinski definition) is 6. The summed E-state index contributed by atoms with van der Waals surface area (Å²) in [5.41, 5.74) is 6.29. The highest BCUT2D eigenvalue weighted by Gasteiger charge is 2.31. The number of rotatable bonds is 9. The Hall–Kier alpha value is -2.07. The molecule has 0 saturated carbocycles. The Bertz CT molecular complexity index is 806. The summed E-state index contributed by atoms with van der Waals surface area (Å²) < 4.78 is 13.9. The Morgan fingerprint density at radius 2 is 1.76 bits per heavy atom. The molecule has 2 saturated heterocycles. The number of nitrogens with one attached hydrogen (secondary N) is 1. The van der Waals surface area contributed by atoms with Crippen molar-refractivity contribution in [2.24, 2.45) is 11.7 Å². The largest absolute Gasteiger partial charge is 0.347 e. The van der Waals surface area contributed by atoms with Crippen molar-refractivity contribution in [3.05, 3.63) is 35.6 Å². The number of piperidine rings is 1. The fourth-order valence-electron chi connectivity index (χ4n) is 4.78. The molecule has 9 heteroatoms. The molecular formula is C25H41FN6O2. The van der Waals surface area contributed by atoms with Crippen molar-refractivity contribution in [1.82, 2.24) is 25.1 Å². The van der Waals surface area contributed by atoms with Gasteiger partial charge in [-0.3, -0.25) is 9.59 Å². The third kappa shape index (κ3) is 7.46. The van der Waals surface area contributed by atoms with Gasteiger partial charge in [0.2, 0.25) is 11.8 Å². The van der Waals surface area contributed by atoms with E-state index in [1.165, 1.54) is 6.07 Å². The van der Waals surface area contributed by atoms with Crippen LogP contribution < -0.4 is 11.1 Å². The molecule has 1 unspecified atom stereocenters. The number of likely N-dealkylation sites (N-methyl/N-ethyl adjacent to an activating group) is 1. The van der Waals surface area contributed by atoms with E-state index >= 15 is 0 Å². The number of likely N-dealkylation sites (tertiary alicyclic amines) is 1. The first-order valence-corrected chi connectivity index (χ1v) is 12.5. The molecular weight excluding hydrogens is 435 g/mol. The molecule has 34 heavy (non-hydrogen) atoms. The minimum atomic E-state index is -0.742. The summed E-state index contributed by atoms with van der Waals surface area (Å²) in [4.78, 5) is 29.2. The minimum Gasteiger partial charge on any atom is -0.347 e. The molecule has 1 aromatic carbocycles. The highest BCUT2D eigenvalue weighted by molar-refractivity contribution is 5.85. The number of nitrogens with zero attached hydrogens (tertiary/aromatic N) is 4. The summed E-state index contributed by atoms with van der Waals surface area (Å²) in [5.74, 6) is -0.284. The zero-order valence-corrected chi connectivity index (χ0v) is 20.9. The number of hydrogen-bond donors (Lipinski definition) is 2. The molecule has 2 heterocycles. The van der Waals surface area contributed by atoms with Gasteiger partial charge in [-0.15, -0.1) is 0 Å². The van der Waals surface area contributed by atoms with E-state index in [1.807, 2.05) is 4.90 Å². The SMILES string of the molecule is CC(C)CN(C1CCN(C(=O)CNC(=O)CC(N)c2ccccc2F)CC1)N1CCN(C)CC1. The number of piperazine rings is 1. The molecule has 0 aliphatic carbocycles. The quantitative estimate of drug-likeness (QED) is 0.561. The van der Waals surface area contributed by atoms with E-state index in [0.29, 0.717) is 30.6 Å². The van der Waals surface area contributed by atoms with Crippen LogP contribution in [0.1, 0.15) is 44.7 Å². The second-order valence-corrected chi connectivity index (χ2v) is 9.99. The number of amides is 2. The van der Waals surface area contributed by atoms with Gasteiger partial charge in [0.1, 0.15) is 5.82 Å². The zero-order chi connectivity index (χ0) is 24.7. The number of halogens is 1. The van der Waals surface area contributed by atoms with Crippen molar-refractivity contribution in [2.75, 3.05) is 59.4 Å². The van der Waals surface area contributed by atoms with Crippen LogP contribution >= 0.6 is 0 Å². The van der Waals surface area contributed by atoms with E-state index in [2.05, 4.69) is 41.1 Å². The van der Waals surface area contributed by atoms with Crippen molar-refractivity contribution in [2.45, 2.75) is 45.2 Å². The number of carbonyl (C=O) groups excluding carboxylic acids is 2. The Balaban J connectivity index is 1.44. The van der Waals surface area contributed by atoms with Crippen LogP contribution in [-0.2, 0) is 9.59 Å². The van der Waals surface area contributed by atoms with E-state index in [0.717, 1.165) is 45.6 Å². The van der Waals surface area contributed by atoms with Gasteiger partial charge >= 0.3 is 0 Å². The second-order valence-electron chi connectivity index (χ2n) is 9.99. The molecule has 1 aromatic rings.